The number of aliphatic hydroxyl groups is 1. The summed E-state index contributed by atoms with van der Waals surface area (Å²) in [6, 6.07) is 0.220. The van der Waals surface area contributed by atoms with Crippen LogP contribution in [0.4, 0.5) is 0 Å². The Labute approximate surface area is 109 Å². The van der Waals surface area contributed by atoms with Gasteiger partial charge in [-0.15, -0.1) is 0 Å². The maximum Gasteiger partial charge on any atom is 0.0782 e. The first-order chi connectivity index (χ1) is 8.66. The molecule has 4 heteroatoms. The van der Waals surface area contributed by atoms with Crippen LogP contribution in [0.25, 0.3) is 0 Å². The van der Waals surface area contributed by atoms with Gasteiger partial charge in [-0.1, -0.05) is 6.42 Å². The first kappa shape index (κ1) is 13.4. The van der Waals surface area contributed by atoms with Gasteiger partial charge in [0.1, 0.15) is 0 Å². The predicted octanol–water partition coefficient (Wildman–Crippen LogP) is 1.99. The maximum absolute atomic E-state index is 9.66. The van der Waals surface area contributed by atoms with Crippen molar-refractivity contribution in [3.63, 3.8) is 0 Å². The van der Waals surface area contributed by atoms with E-state index in [0.717, 1.165) is 37.2 Å². The summed E-state index contributed by atoms with van der Waals surface area (Å²) in [7, 11) is 0. The fourth-order valence-corrected chi connectivity index (χ4v) is 2.73. The van der Waals surface area contributed by atoms with Gasteiger partial charge in [0.25, 0.3) is 0 Å². The second kappa shape index (κ2) is 6.25. The second-order valence-electron chi connectivity index (χ2n) is 5.34. The lowest BCUT2D eigenvalue weighted by molar-refractivity contribution is 0.0997. The lowest BCUT2D eigenvalue weighted by Gasteiger charge is -2.27. The van der Waals surface area contributed by atoms with Crippen LogP contribution >= 0.6 is 0 Å². The third-order valence-corrected chi connectivity index (χ3v) is 3.80. The number of nitrogens with zero attached hydrogens (tertiary/aromatic N) is 2. The molecule has 2 rings (SSSR count). The molecule has 1 fully saturated rings. The van der Waals surface area contributed by atoms with Crippen LogP contribution in [0.1, 0.15) is 50.0 Å². The van der Waals surface area contributed by atoms with Crippen LogP contribution in [0.15, 0.2) is 12.4 Å². The summed E-state index contributed by atoms with van der Waals surface area (Å²) in [5.74, 6) is 0.591. The van der Waals surface area contributed by atoms with E-state index in [2.05, 4.69) is 22.2 Å². The zero-order chi connectivity index (χ0) is 13.0. The van der Waals surface area contributed by atoms with E-state index in [9.17, 15) is 5.11 Å². The number of hydrogen-bond donors (Lipinski definition) is 2. The Morgan fingerprint density at radius 1 is 1.39 bits per heavy atom. The topological polar surface area (TPSA) is 58.0 Å². The first-order valence-corrected chi connectivity index (χ1v) is 6.85. The molecule has 1 aromatic rings. The summed E-state index contributed by atoms with van der Waals surface area (Å²) >= 11 is 0. The number of aromatic nitrogens is 2. The molecule has 100 valence electrons. The highest BCUT2D eigenvalue weighted by molar-refractivity contribution is 5.12. The molecular weight excluding hydrogens is 226 g/mol. The summed E-state index contributed by atoms with van der Waals surface area (Å²) in [5.41, 5.74) is 2.01. The van der Waals surface area contributed by atoms with Gasteiger partial charge in [0, 0.05) is 18.4 Å². The molecular formula is C14H23N3O. The van der Waals surface area contributed by atoms with E-state index in [1.807, 2.05) is 6.92 Å². The van der Waals surface area contributed by atoms with Gasteiger partial charge in [0.15, 0.2) is 0 Å². The molecule has 1 saturated carbocycles. The standard InChI is InChI=1S/C14H23N3O/c1-10-14(16-7-6-15-10)11(2)17-9-12-4-3-5-13(18)8-12/h6-7,11-13,17-18H,3-5,8-9H2,1-2H3. The largest absolute Gasteiger partial charge is 0.393 e. The van der Waals surface area contributed by atoms with Gasteiger partial charge < -0.3 is 10.4 Å². The van der Waals surface area contributed by atoms with E-state index >= 15 is 0 Å². The van der Waals surface area contributed by atoms with Crippen LogP contribution in [0.3, 0.4) is 0 Å². The van der Waals surface area contributed by atoms with Crippen molar-refractivity contribution in [2.24, 2.45) is 5.92 Å². The molecule has 18 heavy (non-hydrogen) atoms. The minimum Gasteiger partial charge on any atom is -0.393 e. The first-order valence-electron chi connectivity index (χ1n) is 6.85. The minimum absolute atomic E-state index is 0.0980. The van der Waals surface area contributed by atoms with Crippen molar-refractivity contribution >= 4 is 0 Å². The monoisotopic (exact) mass is 249 g/mol. The van der Waals surface area contributed by atoms with Crippen molar-refractivity contribution in [3.05, 3.63) is 23.8 Å². The molecule has 2 N–H and O–H groups in total. The van der Waals surface area contributed by atoms with Crippen LogP contribution in [0.2, 0.25) is 0 Å². The molecule has 0 radical (unpaired) electrons. The lowest BCUT2D eigenvalue weighted by atomic mass is 9.87. The van der Waals surface area contributed by atoms with E-state index in [0.29, 0.717) is 5.92 Å². The van der Waals surface area contributed by atoms with Crippen LogP contribution < -0.4 is 5.32 Å². The molecule has 0 saturated heterocycles. The Bertz CT molecular complexity index is 383. The molecule has 1 aliphatic carbocycles. The molecule has 4 nitrogen and oxygen atoms in total. The number of nitrogens with one attached hydrogen (secondary N) is 1. The van der Waals surface area contributed by atoms with Gasteiger partial charge in [0.05, 0.1) is 17.5 Å². The normalized spacial score (nSPS) is 25.9. The van der Waals surface area contributed by atoms with Gasteiger partial charge in [0.2, 0.25) is 0 Å². The van der Waals surface area contributed by atoms with Crippen LogP contribution in [-0.4, -0.2) is 27.7 Å². The van der Waals surface area contributed by atoms with Crippen LogP contribution in [0.5, 0.6) is 0 Å². The molecule has 0 spiro atoms. The Balaban J connectivity index is 1.84. The summed E-state index contributed by atoms with van der Waals surface area (Å²) in [4.78, 5) is 8.65. The highest BCUT2D eigenvalue weighted by Gasteiger charge is 2.21. The molecule has 1 heterocycles. The van der Waals surface area contributed by atoms with Gasteiger partial charge >= 0.3 is 0 Å². The van der Waals surface area contributed by atoms with E-state index in [4.69, 9.17) is 0 Å². The quantitative estimate of drug-likeness (QED) is 0.856. The number of aliphatic hydroxyl groups excluding tert-OH is 1. The zero-order valence-corrected chi connectivity index (χ0v) is 11.3. The predicted molar refractivity (Wildman–Crippen MR) is 71.2 cm³/mol. The van der Waals surface area contributed by atoms with Crippen molar-refractivity contribution in [2.45, 2.75) is 51.7 Å². The average molecular weight is 249 g/mol. The molecule has 0 aromatic carbocycles. The number of hydrogen-bond acceptors (Lipinski definition) is 4. The number of rotatable bonds is 4. The third kappa shape index (κ3) is 3.50. The second-order valence-corrected chi connectivity index (χ2v) is 5.34. The van der Waals surface area contributed by atoms with Crippen molar-refractivity contribution in [2.75, 3.05) is 6.54 Å². The molecule has 1 aliphatic rings. The van der Waals surface area contributed by atoms with Gasteiger partial charge in [-0.3, -0.25) is 9.97 Å². The Morgan fingerprint density at radius 3 is 2.89 bits per heavy atom. The summed E-state index contributed by atoms with van der Waals surface area (Å²) < 4.78 is 0. The van der Waals surface area contributed by atoms with Crippen molar-refractivity contribution in [1.29, 1.82) is 0 Å². The van der Waals surface area contributed by atoms with E-state index in [1.165, 1.54) is 6.42 Å². The van der Waals surface area contributed by atoms with Crippen molar-refractivity contribution in [3.8, 4) is 0 Å². The average Bonchev–Trinajstić information content (AvgIpc) is 2.37. The lowest BCUT2D eigenvalue weighted by Crippen LogP contribution is -2.31. The summed E-state index contributed by atoms with van der Waals surface area (Å²) in [6.45, 7) is 5.06. The SMILES string of the molecule is Cc1nccnc1C(C)NCC1CCCC(O)C1. The van der Waals surface area contributed by atoms with Crippen molar-refractivity contribution < 1.29 is 5.11 Å². The summed E-state index contributed by atoms with van der Waals surface area (Å²) in [6.07, 6.45) is 7.63. The Hall–Kier alpha value is -1.00. The zero-order valence-electron chi connectivity index (χ0n) is 11.3. The molecule has 3 atom stereocenters. The van der Waals surface area contributed by atoms with E-state index < -0.39 is 0 Å². The Morgan fingerprint density at radius 2 is 2.17 bits per heavy atom. The maximum atomic E-state index is 9.66. The number of aryl methyl sites for hydroxylation is 1. The molecule has 0 amide bonds. The highest BCUT2D eigenvalue weighted by Crippen LogP contribution is 2.24. The van der Waals surface area contributed by atoms with Crippen LogP contribution in [-0.2, 0) is 0 Å². The van der Waals surface area contributed by atoms with Gasteiger partial charge in [-0.25, -0.2) is 0 Å². The smallest absolute Gasteiger partial charge is 0.0782 e. The van der Waals surface area contributed by atoms with Gasteiger partial charge in [-0.2, -0.15) is 0 Å². The summed E-state index contributed by atoms with van der Waals surface area (Å²) in [5, 5.41) is 13.2. The molecule has 3 unspecified atom stereocenters. The fourth-order valence-electron chi connectivity index (χ4n) is 2.73. The Kier molecular flexibility index (Phi) is 4.66. The van der Waals surface area contributed by atoms with Crippen molar-refractivity contribution in [1.82, 2.24) is 15.3 Å². The van der Waals surface area contributed by atoms with Gasteiger partial charge in [-0.05, 0) is 45.6 Å². The van der Waals surface area contributed by atoms with E-state index in [-0.39, 0.29) is 12.1 Å². The molecule has 1 aromatic heterocycles. The van der Waals surface area contributed by atoms with E-state index in [1.54, 1.807) is 12.4 Å². The fraction of sp³-hybridized carbons (Fsp3) is 0.714. The highest BCUT2D eigenvalue weighted by atomic mass is 16.3. The third-order valence-electron chi connectivity index (χ3n) is 3.80. The van der Waals surface area contributed by atoms with Crippen LogP contribution in [0, 0.1) is 12.8 Å². The molecule has 0 bridgehead atoms. The molecule has 0 aliphatic heterocycles. The minimum atomic E-state index is -0.0980.